The number of rotatable bonds is 2. The van der Waals surface area contributed by atoms with E-state index in [9.17, 15) is 20.6 Å². The Balaban J connectivity index is 2.31. The van der Waals surface area contributed by atoms with E-state index in [1.807, 2.05) is 6.07 Å². The number of nitriles is 1. The maximum atomic E-state index is 10.8. The summed E-state index contributed by atoms with van der Waals surface area (Å²) < 4.78 is 14.3. The summed E-state index contributed by atoms with van der Waals surface area (Å²) >= 11 is 0. The fourth-order valence-corrected chi connectivity index (χ4v) is 2.81. The minimum Gasteiger partial charge on any atom is -0.394 e. The fourth-order valence-electron chi connectivity index (χ4n) is 2.81. The molecular weight excluding hydrogens is 304 g/mol. The van der Waals surface area contributed by atoms with Gasteiger partial charge in [-0.25, -0.2) is 4.52 Å². The highest BCUT2D eigenvalue weighted by Crippen LogP contribution is 2.47. The van der Waals surface area contributed by atoms with E-state index in [1.54, 1.807) is 0 Å². The summed E-state index contributed by atoms with van der Waals surface area (Å²) in [6.45, 7) is -1.39. The molecule has 122 valence electrons. The topological polar surface area (TPSA) is 176 Å². The van der Waals surface area contributed by atoms with Crippen LogP contribution in [0, 0.1) is 11.3 Å². The number of nitrogens with zero attached hydrogens (tertiary/aromatic N) is 4. The van der Waals surface area contributed by atoms with Gasteiger partial charge in [0.2, 0.25) is 11.5 Å². The summed E-state index contributed by atoms with van der Waals surface area (Å²) in [5, 5.41) is 44.2. The lowest BCUT2D eigenvalue weighted by Gasteiger charge is -2.33. The van der Waals surface area contributed by atoms with Crippen LogP contribution in [0.25, 0.3) is 5.52 Å². The summed E-state index contributed by atoms with van der Waals surface area (Å²) in [7, 11) is 0. The van der Waals surface area contributed by atoms with Gasteiger partial charge in [0.25, 0.3) is 0 Å². The highest BCUT2D eigenvalue weighted by molar-refractivity contribution is 5.67. The minimum absolute atomic E-state index is 0.0190. The van der Waals surface area contributed by atoms with Crippen LogP contribution in [-0.2, 0) is 10.3 Å². The highest BCUT2D eigenvalue weighted by Gasteiger charge is 2.65. The average Bonchev–Trinajstić information content (AvgIpc) is 3.07. The summed E-state index contributed by atoms with van der Waals surface area (Å²) in [5.41, 5.74) is 7.24. The molecule has 4 atom stereocenters. The number of aliphatic hydroxyl groups is 3. The smallest absolute Gasteiger partial charge is 0.240 e. The van der Waals surface area contributed by atoms with Gasteiger partial charge in [0, 0.05) is 1.37 Å². The lowest BCUT2D eigenvalue weighted by atomic mass is 9.80. The van der Waals surface area contributed by atoms with Crippen molar-refractivity contribution in [3.05, 3.63) is 17.8 Å². The predicted molar refractivity (Wildman–Crippen MR) is 77.7 cm³/mol. The van der Waals surface area contributed by atoms with Crippen LogP contribution >= 0.6 is 0 Å². The van der Waals surface area contributed by atoms with E-state index in [-0.39, 0.29) is 17.5 Å². The van der Waals surface area contributed by atoms with Gasteiger partial charge in [0.15, 0.2) is 5.82 Å². The molecular formula is C13H16N6O4. The second-order valence-electron chi connectivity index (χ2n) is 5.37. The molecule has 0 spiro atoms. The standard InChI is InChI=1S/C13H16N6O4/c1-12(22)9(21)7(4-20)23-13(12,5-14)8-3-2-6-10(15)17-11(16)18-19(6)8/h2-3,7,9,20-22H,4H2,1H3,(H4,15,16,17,18)/t7-,9-,12-,13+/m1/s1/i1D. The van der Waals surface area contributed by atoms with Crippen LogP contribution in [0.3, 0.4) is 0 Å². The SMILES string of the molecule is [2H]C[C@@]1(O)[C@H](O)[C@@H](CO)O[C@@]1(C#N)c1ccc2c(N)nc(N)nn12. The Bertz CT molecular complexity index is 838. The van der Waals surface area contributed by atoms with Gasteiger partial charge < -0.3 is 31.5 Å². The summed E-state index contributed by atoms with van der Waals surface area (Å²) in [5.74, 6) is -0.120. The molecule has 1 aliphatic heterocycles. The molecule has 3 rings (SSSR count). The summed E-state index contributed by atoms with van der Waals surface area (Å²) in [6, 6.07) is 4.73. The lowest BCUT2D eigenvalue weighted by molar-refractivity contribution is -0.109. The number of ether oxygens (including phenoxy) is 1. The Morgan fingerprint density at radius 1 is 1.57 bits per heavy atom. The zero-order chi connectivity index (χ0) is 17.7. The van der Waals surface area contributed by atoms with Crippen LogP contribution in [0.2, 0.25) is 0 Å². The molecule has 1 aliphatic rings. The first-order chi connectivity index (χ1) is 11.3. The number of nitrogen functional groups attached to an aromatic ring is 2. The van der Waals surface area contributed by atoms with Crippen molar-refractivity contribution in [2.45, 2.75) is 30.3 Å². The molecule has 0 aromatic carbocycles. The third kappa shape index (κ3) is 1.82. The molecule has 23 heavy (non-hydrogen) atoms. The van der Waals surface area contributed by atoms with Gasteiger partial charge in [-0.3, -0.25) is 0 Å². The Morgan fingerprint density at radius 2 is 2.30 bits per heavy atom. The van der Waals surface area contributed by atoms with E-state index in [0.717, 1.165) is 0 Å². The van der Waals surface area contributed by atoms with Crippen molar-refractivity contribution in [2.75, 3.05) is 18.1 Å². The van der Waals surface area contributed by atoms with Crippen molar-refractivity contribution in [1.29, 1.82) is 5.26 Å². The van der Waals surface area contributed by atoms with Crippen LogP contribution in [0.4, 0.5) is 11.8 Å². The molecule has 3 heterocycles. The van der Waals surface area contributed by atoms with Crippen molar-refractivity contribution >= 4 is 17.3 Å². The fraction of sp³-hybridized carbons (Fsp3) is 0.462. The predicted octanol–water partition coefficient (Wildman–Crippen LogP) is -1.88. The first kappa shape index (κ1) is 14.2. The van der Waals surface area contributed by atoms with E-state index in [2.05, 4.69) is 10.1 Å². The molecule has 2 aromatic heterocycles. The van der Waals surface area contributed by atoms with Crippen LogP contribution in [0.5, 0.6) is 0 Å². The zero-order valence-electron chi connectivity index (χ0n) is 12.9. The Morgan fingerprint density at radius 3 is 2.91 bits per heavy atom. The normalized spacial score (nSPS) is 34.4. The zero-order valence-corrected chi connectivity index (χ0v) is 11.9. The first-order valence-corrected chi connectivity index (χ1v) is 6.65. The van der Waals surface area contributed by atoms with E-state index in [0.29, 0.717) is 5.52 Å². The lowest BCUT2D eigenvalue weighted by Crippen LogP contribution is -2.52. The van der Waals surface area contributed by atoms with Crippen molar-refractivity contribution in [2.24, 2.45) is 0 Å². The van der Waals surface area contributed by atoms with Crippen LogP contribution in [-0.4, -0.2) is 54.3 Å². The number of fused-ring (bicyclic) bond motifs is 1. The second-order valence-corrected chi connectivity index (χ2v) is 5.37. The van der Waals surface area contributed by atoms with E-state index < -0.39 is 36.9 Å². The largest absolute Gasteiger partial charge is 0.394 e. The van der Waals surface area contributed by atoms with E-state index in [1.165, 1.54) is 16.6 Å². The molecule has 2 aromatic rings. The molecule has 10 nitrogen and oxygen atoms in total. The molecule has 1 fully saturated rings. The monoisotopic (exact) mass is 321 g/mol. The quantitative estimate of drug-likeness (QED) is 0.423. The second kappa shape index (κ2) is 4.77. The summed E-state index contributed by atoms with van der Waals surface area (Å²) in [6.07, 6.45) is -2.90. The number of nitrogens with two attached hydrogens (primary N) is 2. The van der Waals surface area contributed by atoms with E-state index >= 15 is 0 Å². The highest BCUT2D eigenvalue weighted by atomic mass is 16.6. The molecule has 0 saturated carbocycles. The number of anilines is 2. The number of aliphatic hydroxyl groups excluding tert-OH is 2. The molecule has 1 saturated heterocycles. The molecule has 10 heteroatoms. The van der Waals surface area contributed by atoms with Gasteiger partial charge >= 0.3 is 0 Å². The molecule has 7 N–H and O–H groups in total. The minimum atomic E-state index is -2.29. The van der Waals surface area contributed by atoms with Gasteiger partial charge in [-0.15, -0.1) is 5.10 Å². The maximum Gasteiger partial charge on any atom is 0.240 e. The molecule has 0 bridgehead atoms. The number of aromatic nitrogens is 3. The first-order valence-electron chi connectivity index (χ1n) is 7.36. The number of hydrogen-bond donors (Lipinski definition) is 5. The van der Waals surface area contributed by atoms with Crippen molar-refractivity contribution < 1.29 is 21.4 Å². The maximum absolute atomic E-state index is 10.8. The van der Waals surface area contributed by atoms with Gasteiger partial charge in [-0.2, -0.15) is 10.2 Å². The molecule has 0 unspecified atom stereocenters. The third-order valence-corrected chi connectivity index (χ3v) is 4.03. The van der Waals surface area contributed by atoms with Crippen molar-refractivity contribution in [3.63, 3.8) is 0 Å². The van der Waals surface area contributed by atoms with Crippen LogP contribution in [0.15, 0.2) is 12.1 Å². The Labute approximate surface area is 131 Å². The average molecular weight is 321 g/mol. The Kier molecular flexibility index (Phi) is 2.94. The van der Waals surface area contributed by atoms with Gasteiger partial charge in [-0.1, -0.05) is 0 Å². The van der Waals surface area contributed by atoms with Crippen LogP contribution in [0.1, 0.15) is 14.0 Å². The Hall–Kier alpha value is -2.45. The van der Waals surface area contributed by atoms with Gasteiger partial charge in [0.1, 0.15) is 29.4 Å². The third-order valence-electron chi connectivity index (χ3n) is 4.03. The molecule has 0 amide bonds. The van der Waals surface area contributed by atoms with Gasteiger partial charge in [0.05, 0.1) is 12.3 Å². The van der Waals surface area contributed by atoms with E-state index in [4.69, 9.17) is 17.6 Å². The number of hydrogen-bond acceptors (Lipinski definition) is 9. The van der Waals surface area contributed by atoms with Crippen molar-refractivity contribution in [3.8, 4) is 6.07 Å². The van der Waals surface area contributed by atoms with Crippen molar-refractivity contribution in [1.82, 2.24) is 14.6 Å². The van der Waals surface area contributed by atoms with Crippen LogP contribution < -0.4 is 11.5 Å². The summed E-state index contributed by atoms with van der Waals surface area (Å²) in [4.78, 5) is 3.80. The molecule has 0 radical (unpaired) electrons. The molecule has 0 aliphatic carbocycles. The van der Waals surface area contributed by atoms with Gasteiger partial charge in [-0.05, 0) is 19.0 Å².